The van der Waals surface area contributed by atoms with E-state index in [1.807, 2.05) is 49.4 Å². The molecule has 5 nitrogen and oxygen atoms in total. The Labute approximate surface area is 168 Å². The third-order valence-electron chi connectivity index (χ3n) is 4.58. The molecule has 0 bridgehead atoms. The van der Waals surface area contributed by atoms with Crippen LogP contribution in [-0.2, 0) is 11.8 Å². The Balaban J connectivity index is 2.11. The number of hydrogen-bond acceptors (Lipinski definition) is 4. The second kappa shape index (κ2) is 8.61. The van der Waals surface area contributed by atoms with Gasteiger partial charge in [0.05, 0.1) is 13.2 Å². The van der Waals surface area contributed by atoms with Crippen molar-refractivity contribution < 1.29 is 18.7 Å². The molecular weight excluding hydrogens is 371 g/mol. The van der Waals surface area contributed by atoms with E-state index in [0.29, 0.717) is 12.2 Å². The maximum atomic E-state index is 14.6. The van der Waals surface area contributed by atoms with Crippen LogP contribution in [0.1, 0.15) is 29.9 Å². The van der Waals surface area contributed by atoms with Gasteiger partial charge in [-0.3, -0.25) is 0 Å². The monoisotopic (exact) mass is 392 g/mol. The lowest BCUT2D eigenvalue weighted by Gasteiger charge is -2.11. The fourth-order valence-electron chi connectivity index (χ4n) is 3.28. The van der Waals surface area contributed by atoms with Crippen molar-refractivity contribution in [2.45, 2.75) is 13.8 Å². The lowest BCUT2D eigenvalue weighted by atomic mass is 9.97. The number of nitrogens with zero attached hydrogens (tertiary/aromatic N) is 2. The first kappa shape index (κ1) is 20.2. The Morgan fingerprint density at radius 2 is 1.72 bits per heavy atom. The summed E-state index contributed by atoms with van der Waals surface area (Å²) in [6, 6.07) is 16.8. The van der Waals surface area contributed by atoms with E-state index in [0.717, 1.165) is 21.4 Å². The number of ether oxygens (including phenoxy) is 2. The highest BCUT2D eigenvalue weighted by Gasteiger charge is 2.27. The molecule has 0 N–H and O–H groups in total. The minimum absolute atomic E-state index is 0.0170. The van der Waals surface area contributed by atoms with E-state index >= 15 is 0 Å². The first-order chi connectivity index (χ1) is 14.0. The molecule has 0 amide bonds. The Morgan fingerprint density at radius 1 is 1.07 bits per heavy atom. The molecule has 29 heavy (non-hydrogen) atoms. The van der Waals surface area contributed by atoms with Crippen LogP contribution in [-0.4, -0.2) is 23.8 Å². The van der Waals surface area contributed by atoms with Gasteiger partial charge in [-0.25, -0.2) is 4.79 Å². The quantitative estimate of drug-likeness (QED) is 0.557. The maximum absolute atomic E-state index is 14.6. The molecule has 0 unspecified atom stereocenters. The molecule has 0 saturated carbocycles. The fourth-order valence-corrected chi connectivity index (χ4v) is 3.28. The van der Waals surface area contributed by atoms with Gasteiger partial charge in [-0.1, -0.05) is 42.5 Å². The number of aromatic nitrogens is 1. The smallest absolute Gasteiger partial charge is 0.355 e. The molecule has 6 heteroatoms. The van der Waals surface area contributed by atoms with E-state index in [9.17, 15) is 14.4 Å². The minimum atomic E-state index is -0.767. The molecule has 0 aliphatic rings. The van der Waals surface area contributed by atoms with Crippen molar-refractivity contribution in [1.29, 1.82) is 5.26 Å². The van der Waals surface area contributed by atoms with E-state index in [-0.39, 0.29) is 23.4 Å². The number of benzene rings is 2. The van der Waals surface area contributed by atoms with Gasteiger partial charge in [0.2, 0.25) is 5.95 Å². The van der Waals surface area contributed by atoms with Gasteiger partial charge in [-0.15, -0.1) is 0 Å². The first-order valence-electron chi connectivity index (χ1n) is 9.31. The zero-order valence-electron chi connectivity index (χ0n) is 16.5. The van der Waals surface area contributed by atoms with Crippen molar-refractivity contribution in [3.05, 3.63) is 65.7 Å². The Morgan fingerprint density at radius 3 is 2.34 bits per heavy atom. The highest BCUT2D eigenvalue weighted by molar-refractivity contribution is 5.98. The molecule has 0 atom stereocenters. The summed E-state index contributed by atoms with van der Waals surface area (Å²) in [6.07, 6.45) is 0. The molecule has 1 heterocycles. The van der Waals surface area contributed by atoms with Crippen LogP contribution in [0.3, 0.4) is 0 Å². The third kappa shape index (κ3) is 3.72. The van der Waals surface area contributed by atoms with E-state index in [1.54, 1.807) is 19.1 Å². The molecule has 148 valence electrons. The van der Waals surface area contributed by atoms with Crippen molar-refractivity contribution in [3.8, 4) is 34.1 Å². The van der Waals surface area contributed by atoms with E-state index in [4.69, 9.17) is 9.47 Å². The lowest BCUT2D eigenvalue weighted by Crippen LogP contribution is -2.11. The van der Waals surface area contributed by atoms with Crippen LogP contribution in [0.25, 0.3) is 22.3 Å². The van der Waals surface area contributed by atoms with Crippen molar-refractivity contribution in [2.24, 2.45) is 7.05 Å². The molecule has 3 rings (SSSR count). The van der Waals surface area contributed by atoms with E-state index in [1.165, 1.54) is 7.05 Å². The summed E-state index contributed by atoms with van der Waals surface area (Å²) in [7, 11) is 1.40. The third-order valence-corrected chi connectivity index (χ3v) is 4.58. The average molecular weight is 392 g/mol. The highest BCUT2D eigenvalue weighted by atomic mass is 19.1. The van der Waals surface area contributed by atoms with Crippen LogP contribution in [0.4, 0.5) is 4.39 Å². The molecule has 0 aliphatic heterocycles. The van der Waals surface area contributed by atoms with E-state index < -0.39 is 11.9 Å². The molecule has 0 spiro atoms. The summed E-state index contributed by atoms with van der Waals surface area (Å²) in [4.78, 5) is 12.4. The molecule has 1 aromatic heterocycles. The van der Waals surface area contributed by atoms with Crippen LogP contribution in [0.2, 0.25) is 0 Å². The molecule has 0 aliphatic carbocycles. The summed E-state index contributed by atoms with van der Waals surface area (Å²) in [5.41, 5.74) is 2.45. The van der Waals surface area contributed by atoms with Crippen LogP contribution >= 0.6 is 0 Å². The molecule has 0 fully saturated rings. The SMILES string of the molecule is CCOC(=O)c1c(-c2ccc(-c3ccccc3OCC)cc2)c(C#N)c(F)n1C. The van der Waals surface area contributed by atoms with Crippen molar-refractivity contribution in [1.82, 2.24) is 4.57 Å². The molecule has 2 aromatic carbocycles. The Kier molecular flexibility index (Phi) is 5.99. The summed E-state index contributed by atoms with van der Waals surface area (Å²) in [5.74, 6) is -0.675. The second-order valence-electron chi connectivity index (χ2n) is 6.29. The standard InChI is InChI=1S/C23H21FN2O3/c1-4-28-19-9-7-6-8-17(19)15-10-12-16(13-11-15)20-18(14-25)22(24)26(3)21(20)23(27)29-5-2/h6-13H,4-5H2,1-3H3. The zero-order chi connectivity index (χ0) is 21.0. The topological polar surface area (TPSA) is 64.2 Å². The number of nitriles is 1. The normalized spacial score (nSPS) is 10.4. The highest BCUT2D eigenvalue weighted by Crippen LogP contribution is 2.35. The number of rotatable bonds is 6. The largest absolute Gasteiger partial charge is 0.493 e. The van der Waals surface area contributed by atoms with Gasteiger partial charge in [0.15, 0.2) is 0 Å². The van der Waals surface area contributed by atoms with Gasteiger partial charge in [0, 0.05) is 18.2 Å². The lowest BCUT2D eigenvalue weighted by molar-refractivity contribution is 0.0514. The summed E-state index contributed by atoms with van der Waals surface area (Å²) >= 11 is 0. The number of hydrogen-bond donors (Lipinski definition) is 0. The van der Waals surface area contributed by atoms with Crippen molar-refractivity contribution in [2.75, 3.05) is 13.2 Å². The number of para-hydroxylation sites is 1. The molecule has 0 radical (unpaired) electrons. The van der Waals surface area contributed by atoms with Crippen LogP contribution in [0.15, 0.2) is 48.5 Å². The maximum Gasteiger partial charge on any atom is 0.355 e. The van der Waals surface area contributed by atoms with Crippen LogP contribution in [0, 0.1) is 17.3 Å². The minimum Gasteiger partial charge on any atom is -0.493 e. The van der Waals surface area contributed by atoms with Gasteiger partial charge in [0.25, 0.3) is 0 Å². The Bertz CT molecular complexity index is 1080. The van der Waals surface area contributed by atoms with Gasteiger partial charge in [-0.05, 0) is 31.0 Å². The van der Waals surface area contributed by atoms with E-state index in [2.05, 4.69) is 0 Å². The molecule has 3 aromatic rings. The van der Waals surface area contributed by atoms with Gasteiger partial charge in [-0.2, -0.15) is 9.65 Å². The Hall–Kier alpha value is -3.59. The van der Waals surface area contributed by atoms with Crippen LogP contribution < -0.4 is 4.74 Å². The average Bonchev–Trinajstić information content (AvgIpc) is 2.99. The number of carbonyl (C=O) groups excluding carboxylic acids is 1. The number of carbonyl (C=O) groups is 1. The van der Waals surface area contributed by atoms with Gasteiger partial charge >= 0.3 is 5.97 Å². The molecule has 0 saturated heterocycles. The number of halogens is 1. The van der Waals surface area contributed by atoms with Crippen molar-refractivity contribution >= 4 is 5.97 Å². The van der Waals surface area contributed by atoms with Gasteiger partial charge < -0.3 is 14.0 Å². The predicted octanol–water partition coefficient (Wildman–Crippen LogP) is 4.95. The zero-order valence-corrected chi connectivity index (χ0v) is 16.5. The summed E-state index contributed by atoms with van der Waals surface area (Å²) < 4.78 is 26.4. The predicted molar refractivity (Wildman–Crippen MR) is 108 cm³/mol. The fraction of sp³-hybridized carbons (Fsp3) is 0.217. The van der Waals surface area contributed by atoms with Crippen LogP contribution in [0.5, 0.6) is 5.75 Å². The summed E-state index contributed by atoms with van der Waals surface area (Å²) in [5, 5.41) is 9.47. The van der Waals surface area contributed by atoms with Gasteiger partial charge in [0.1, 0.15) is 23.1 Å². The first-order valence-corrected chi connectivity index (χ1v) is 9.31. The molecular formula is C23H21FN2O3. The summed E-state index contributed by atoms with van der Waals surface area (Å²) in [6.45, 7) is 4.30. The van der Waals surface area contributed by atoms with Crippen molar-refractivity contribution in [3.63, 3.8) is 0 Å². The number of esters is 1. The second-order valence-corrected chi connectivity index (χ2v) is 6.29.